The summed E-state index contributed by atoms with van der Waals surface area (Å²) >= 11 is 0. The molecule has 0 spiro atoms. The quantitative estimate of drug-likeness (QED) is 0.827. The number of nitrogens with zero attached hydrogens (tertiary/aromatic N) is 2. The summed E-state index contributed by atoms with van der Waals surface area (Å²) in [4.78, 5) is 27.2. The summed E-state index contributed by atoms with van der Waals surface area (Å²) in [7, 11) is 0. The third kappa shape index (κ3) is 3.06. The molecule has 0 bridgehead atoms. The first-order valence-electron chi connectivity index (χ1n) is 7.19. The van der Waals surface area contributed by atoms with Crippen molar-refractivity contribution >= 4 is 11.9 Å². The van der Waals surface area contributed by atoms with E-state index in [4.69, 9.17) is 5.11 Å². The second kappa shape index (κ2) is 5.83. The highest BCUT2D eigenvalue weighted by molar-refractivity contribution is 5.88. The number of carbonyl (C=O) groups excluding carboxylic acids is 1. The van der Waals surface area contributed by atoms with Crippen molar-refractivity contribution < 1.29 is 14.7 Å². The minimum atomic E-state index is -0.909. The number of amides is 1. The number of rotatable bonds is 3. The fraction of sp³-hybridized carbons (Fsp3) is 0.467. The van der Waals surface area contributed by atoms with Crippen LogP contribution in [-0.2, 0) is 17.9 Å². The third-order valence-electron chi connectivity index (χ3n) is 4.07. The van der Waals surface area contributed by atoms with Gasteiger partial charge in [-0.05, 0) is 23.3 Å². The number of nitrogens with one attached hydrogen (secondary N) is 1. The molecule has 0 aliphatic carbocycles. The number of aromatic carboxylic acids is 1. The van der Waals surface area contributed by atoms with Gasteiger partial charge in [-0.3, -0.25) is 9.69 Å². The molecule has 2 N–H and O–H groups in total. The van der Waals surface area contributed by atoms with E-state index in [1.54, 1.807) is 12.1 Å². The van der Waals surface area contributed by atoms with E-state index in [9.17, 15) is 9.59 Å². The molecule has 6 nitrogen and oxygen atoms in total. The second-order valence-electron chi connectivity index (χ2n) is 5.56. The molecule has 1 fully saturated rings. The molecule has 2 aliphatic rings. The van der Waals surface area contributed by atoms with Crippen molar-refractivity contribution in [1.29, 1.82) is 0 Å². The maximum Gasteiger partial charge on any atom is 0.335 e. The molecule has 2 heterocycles. The van der Waals surface area contributed by atoms with Crippen LogP contribution in [0.15, 0.2) is 18.2 Å². The van der Waals surface area contributed by atoms with Crippen molar-refractivity contribution in [1.82, 2.24) is 15.1 Å². The van der Waals surface area contributed by atoms with E-state index >= 15 is 0 Å². The van der Waals surface area contributed by atoms with Gasteiger partial charge in [0.2, 0.25) is 5.91 Å². The number of fused-ring (bicyclic) bond motifs is 1. The molecule has 1 aromatic carbocycles. The average Bonchev–Trinajstić information content (AvgIpc) is 2.89. The lowest BCUT2D eigenvalue weighted by Crippen LogP contribution is -2.49. The van der Waals surface area contributed by atoms with Crippen LogP contribution in [0.2, 0.25) is 0 Å². The van der Waals surface area contributed by atoms with Crippen molar-refractivity contribution in [3.63, 3.8) is 0 Å². The van der Waals surface area contributed by atoms with Crippen LogP contribution >= 0.6 is 0 Å². The molecule has 0 saturated carbocycles. The van der Waals surface area contributed by atoms with Gasteiger partial charge in [-0.25, -0.2) is 4.79 Å². The predicted molar refractivity (Wildman–Crippen MR) is 77.0 cm³/mol. The Hall–Kier alpha value is -1.92. The van der Waals surface area contributed by atoms with Crippen molar-refractivity contribution in [2.45, 2.75) is 13.1 Å². The van der Waals surface area contributed by atoms with Gasteiger partial charge < -0.3 is 15.3 Å². The van der Waals surface area contributed by atoms with Gasteiger partial charge in [-0.1, -0.05) is 6.07 Å². The number of hydrogen-bond donors (Lipinski definition) is 2. The zero-order valence-electron chi connectivity index (χ0n) is 11.8. The smallest absolute Gasteiger partial charge is 0.335 e. The topological polar surface area (TPSA) is 72.9 Å². The Morgan fingerprint density at radius 3 is 2.57 bits per heavy atom. The Labute approximate surface area is 123 Å². The molecule has 0 atom stereocenters. The van der Waals surface area contributed by atoms with E-state index in [0.29, 0.717) is 25.2 Å². The summed E-state index contributed by atoms with van der Waals surface area (Å²) in [6.45, 7) is 5.01. The number of benzene rings is 1. The average molecular weight is 289 g/mol. The maximum absolute atomic E-state index is 12.2. The van der Waals surface area contributed by atoms with Gasteiger partial charge in [0.15, 0.2) is 0 Å². The highest BCUT2D eigenvalue weighted by Gasteiger charge is 2.24. The highest BCUT2D eigenvalue weighted by Crippen LogP contribution is 2.23. The second-order valence-corrected chi connectivity index (χ2v) is 5.56. The van der Waals surface area contributed by atoms with Crippen LogP contribution in [0.3, 0.4) is 0 Å². The summed E-state index contributed by atoms with van der Waals surface area (Å²) in [5.74, 6) is -0.754. The molecule has 21 heavy (non-hydrogen) atoms. The zero-order chi connectivity index (χ0) is 14.8. The number of carboxylic acid groups (broad SMARTS) is 1. The van der Waals surface area contributed by atoms with Crippen LogP contribution in [-0.4, -0.2) is 59.5 Å². The summed E-state index contributed by atoms with van der Waals surface area (Å²) in [5, 5.41) is 12.2. The molecular weight excluding hydrogens is 270 g/mol. The summed E-state index contributed by atoms with van der Waals surface area (Å²) in [6, 6.07) is 5.20. The van der Waals surface area contributed by atoms with Crippen LogP contribution < -0.4 is 5.32 Å². The summed E-state index contributed by atoms with van der Waals surface area (Å²) in [6.07, 6.45) is 0. The van der Waals surface area contributed by atoms with Crippen molar-refractivity contribution in [2.75, 3.05) is 32.7 Å². The fourth-order valence-electron chi connectivity index (χ4n) is 2.92. The van der Waals surface area contributed by atoms with E-state index in [1.807, 2.05) is 11.0 Å². The van der Waals surface area contributed by atoms with Gasteiger partial charge in [0.25, 0.3) is 0 Å². The molecule has 1 aromatic rings. The minimum Gasteiger partial charge on any atom is -0.478 e. The highest BCUT2D eigenvalue weighted by atomic mass is 16.4. The first kappa shape index (κ1) is 14.0. The van der Waals surface area contributed by atoms with Gasteiger partial charge in [0.05, 0.1) is 12.1 Å². The van der Waals surface area contributed by atoms with E-state index in [1.165, 1.54) is 0 Å². The van der Waals surface area contributed by atoms with Gasteiger partial charge in [-0.2, -0.15) is 0 Å². The van der Waals surface area contributed by atoms with Crippen LogP contribution in [0.4, 0.5) is 0 Å². The standard InChI is InChI=1S/C15H19N3O3/c19-14(18-5-3-16-4-6-18)10-17-8-12-2-1-11(15(20)21)7-13(12)9-17/h1-2,7,16H,3-6,8-10H2,(H,20,21). The lowest BCUT2D eigenvalue weighted by Gasteiger charge is -2.29. The lowest BCUT2D eigenvalue weighted by molar-refractivity contribution is -0.133. The molecule has 0 unspecified atom stereocenters. The SMILES string of the molecule is O=C(O)c1ccc2c(c1)CN(CC(=O)N1CCNCC1)C2. The Kier molecular flexibility index (Phi) is 3.90. The number of carbonyl (C=O) groups is 2. The predicted octanol–water partition coefficient (Wildman–Crippen LogP) is 0.132. The monoisotopic (exact) mass is 289 g/mol. The van der Waals surface area contributed by atoms with Crippen molar-refractivity contribution in [3.8, 4) is 0 Å². The molecule has 1 saturated heterocycles. The molecule has 0 radical (unpaired) electrons. The number of carboxylic acids is 1. The van der Waals surface area contributed by atoms with Crippen LogP contribution in [0.1, 0.15) is 21.5 Å². The first-order valence-corrected chi connectivity index (χ1v) is 7.19. The van der Waals surface area contributed by atoms with Crippen molar-refractivity contribution in [2.24, 2.45) is 0 Å². The van der Waals surface area contributed by atoms with E-state index < -0.39 is 5.97 Å². The largest absolute Gasteiger partial charge is 0.478 e. The molecule has 2 aliphatic heterocycles. The molecule has 1 amide bonds. The molecular formula is C15H19N3O3. The van der Waals surface area contributed by atoms with Crippen LogP contribution in [0, 0.1) is 0 Å². The molecule has 0 aromatic heterocycles. The Morgan fingerprint density at radius 1 is 1.14 bits per heavy atom. The van der Waals surface area contributed by atoms with E-state index in [-0.39, 0.29) is 5.91 Å². The minimum absolute atomic E-state index is 0.155. The first-order chi connectivity index (χ1) is 10.1. The molecule has 6 heteroatoms. The van der Waals surface area contributed by atoms with Gasteiger partial charge in [0.1, 0.15) is 0 Å². The van der Waals surface area contributed by atoms with E-state index in [2.05, 4.69) is 10.2 Å². The zero-order valence-corrected chi connectivity index (χ0v) is 11.8. The third-order valence-corrected chi connectivity index (χ3v) is 4.07. The molecule has 112 valence electrons. The number of piperazine rings is 1. The van der Waals surface area contributed by atoms with Crippen molar-refractivity contribution in [3.05, 3.63) is 34.9 Å². The van der Waals surface area contributed by atoms with Crippen LogP contribution in [0.5, 0.6) is 0 Å². The summed E-state index contributed by atoms with van der Waals surface area (Å²) < 4.78 is 0. The van der Waals surface area contributed by atoms with Gasteiger partial charge in [0, 0.05) is 39.3 Å². The fourth-order valence-corrected chi connectivity index (χ4v) is 2.92. The maximum atomic E-state index is 12.2. The molecule has 3 rings (SSSR count). The normalized spacial score (nSPS) is 18.6. The van der Waals surface area contributed by atoms with Gasteiger partial charge in [-0.15, -0.1) is 0 Å². The Morgan fingerprint density at radius 2 is 1.86 bits per heavy atom. The van der Waals surface area contributed by atoms with E-state index in [0.717, 1.165) is 37.3 Å². The Bertz CT molecular complexity index is 567. The van der Waals surface area contributed by atoms with Gasteiger partial charge >= 0.3 is 5.97 Å². The summed E-state index contributed by atoms with van der Waals surface area (Å²) in [5.41, 5.74) is 2.44. The number of hydrogen-bond acceptors (Lipinski definition) is 4. The van der Waals surface area contributed by atoms with Crippen LogP contribution in [0.25, 0.3) is 0 Å². The Balaban J connectivity index is 1.62. The lowest BCUT2D eigenvalue weighted by atomic mass is 10.1.